The van der Waals surface area contributed by atoms with Gasteiger partial charge in [0.05, 0.1) is 11.4 Å². The maximum atomic E-state index is 12.7. The van der Waals surface area contributed by atoms with Crippen LogP contribution in [0.25, 0.3) is 0 Å². The summed E-state index contributed by atoms with van der Waals surface area (Å²) >= 11 is 1.16. The number of nitrogens with zero attached hydrogens (tertiary/aromatic N) is 2. The molecule has 0 radical (unpaired) electrons. The minimum absolute atomic E-state index is 0.173. The van der Waals surface area contributed by atoms with Crippen molar-refractivity contribution < 1.29 is 13.2 Å². The molecule has 3 rings (SSSR count). The molecule has 0 atom stereocenters. The Bertz CT molecular complexity index is 873. The molecule has 1 aromatic carbocycles. The summed E-state index contributed by atoms with van der Waals surface area (Å²) in [6.07, 6.45) is 0. The minimum Gasteiger partial charge on any atom is -0.367 e. The quantitative estimate of drug-likeness (QED) is 0.806. The molecule has 2 aromatic rings. The lowest BCUT2D eigenvalue weighted by atomic mass is 10.1. The number of carbonyl (C=O) groups is 1. The maximum absolute atomic E-state index is 12.7. The summed E-state index contributed by atoms with van der Waals surface area (Å²) in [6.45, 7) is 3.20. The molecule has 1 saturated heterocycles. The molecule has 0 saturated carbocycles. The van der Waals surface area contributed by atoms with Crippen LogP contribution >= 0.6 is 11.3 Å². The second-order valence-corrected chi connectivity index (χ2v) is 9.06. The van der Waals surface area contributed by atoms with Crippen LogP contribution in [0, 0.1) is 0 Å². The molecule has 9 heteroatoms. The van der Waals surface area contributed by atoms with Gasteiger partial charge < -0.3 is 15.1 Å². The molecule has 0 bridgehead atoms. The number of benzene rings is 1. The summed E-state index contributed by atoms with van der Waals surface area (Å²) in [6, 6.07) is 8.43. The molecule has 0 aliphatic carbocycles. The standard InChI is InChI=1S/C17H22N4O3S2/c1-20(2)17(22)13-5-6-15(21-9-7-18-8-10-21)14(12-13)19-26(23,24)16-4-3-11-25-16/h3-6,11-12,18-19H,7-10H2,1-2H3. The average molecular weight is 395 g/mol. The SMILES string of the molecule is CN(C)C(=O)c1ccc(N2CCNCC2)c(NS(=O)(=O)c2cccs2)c1. The second-order valence-electron chi connectivity index (χ2n) is 6.21. The predicted octanol–water partition coefficient (Wildman–Crippen LogP) is 1.66. The van der Waals surface area contributed by atoms with Crippen LogP contribution in [0.15, 0.2) is 39.9 Å². The first-order valence-corrected chi connectivity index (χ1v) is 10.6. The summed E-state index contributed by atoms with van der Waals surface area (Å²) in [7, 11) is -0.355. The van der Waals surface area contributed by atoms with Crippen molar-refractivity contribution in [3.05, 3.63) is 41.3 Å². The number of thiophene rings is 1. The van der Waals surface area contributed by atoms with Crippen molar-refractivity contribution in [3.63, 3.8) is 0 Å². The van der Waals surface area contributed by atoms with Gasteiger partial charge in [-0.3, -0.25) is 9.52 Å². The van der Waals surface area contributed by atoms with Crippen molar-refractivity contribution in [3.8, 4) is 0 Å². The van der Waals surface area contributed by atoms with Gasteiger partial charge in [-0.1, -0.05) is 6.07 Å². The van der Waals surface area contributed by atoms with Crippen LogP contribution in [0.1, 0.15) is 10.4 Å². The van der Waals surface area contributed by atoms with Gasteiger partial charge in [-0.05, 0) is 29.6 Å². The van der Waals surface area contributed by atoms with E-state index >= 15 is 0 Å². The molecule has 1 amide bonds. The molecule has 0 unspecified atom stereocenters. The van der Waals surface area contributed by atoms with Crippen LogP contribution < -0.4 is 14.9 Å². The molecular formula is C17H22N4O3S2. The Morgan fingerprint density at radius 3 is 2.58 bits per heavy atom. The molecule has 1 aliphatic heterocycles. The smallest absolute Gasteiger partial charge is 0.271 e. The van der Waals surface area contributed by atoms with Crippen LogP contribution in [0.5, 0.6) is 0 Å². The Morgan fingerprint density at radius 1 is 1.23 bits per heavy atom. The highest BCUT2D eigenvalue weighted by molar-refractivity contribution is 7.94. The van der Waals surface area contributed by atoms with Crippen molar-refractivity contribution in [1.29, 1.82) is 0 Å². The lowest BCUT2D eigenvalue weighted by Crippen LogP contribution is -2.43. The zero-order chi connectivity index (χ0) is 18.7. The summed E-state index contributed by atoms with van der Waals surface area (Å²) in [5.41, 5.74) is 1.65. The van der Waals surface area contributed by atoms with E-state index in [0.29, 0.717) is 11.3 Å². The van der Waals surface area contributed by atoms with E-state index in [1.807, 2.05) is 6.07 Å². The Labute approximate surface area is 157 Å². The van der Waals surface area contributed by atoms with Gasteiger partial charge in [0.1, 0.15) is 4.21 Å². The lowest BCUT2D eigenvalue weighted by Gasteiger charge is -2.31. The van der Waals surface area contributed by atoms with Gasteiger partial charge in [-0.15, -0.1) is 11.3 Å². The van der Waals surface area contributed by atoms with Crippen LogP contribution in [0.2, 0.25) is 0 Å². The maximum Gasteiger partial charge on any atom is 0.271 e. The number of nitrogens with one attached hydrogen (secondary N) is 2. The molecule has 1 aliphatic rings. The van der Waals surface area contributed by atoms with E-state index in [2.05, 4.69) is 14.9 Å². The van der Waals surface area contributed by atoms with E-state index < -0.39 is 10.0 Å². The monoisotopic (exact) mass is 394 g/mol. The van der Waals surface area contributed by atoms with Gasteiger partial charge in [0.15, 0.2) is 0 Å². The summed E-state index contributed by atoms with van der Waals surface area (Å²) in [4.78, 5) is 15.9. The number of hydrogen-bond donors (Lipinski definition) is 2. The second kappa shape index (κ2) is 7.65. The van der Waals surface area contributed by atoms with Crippen LogP contribution in [-0.2, 0) is 10.0 Å². The number of piperazine rings is 1. The fraction of sp³-hybridized carbons (Fsp3) is 0.353. The highest BCUT2D eigenvalue weighted by Crippen LogP contribution is 2.31. The first-order chi connectivity index (χ1) is 12.4. The topological polar surface area (TPSA) is 81.8 Å². The van der Waals surface area contributed by atoms with Crippen LogP contribution in [0.4, 0.5) is 11.4 Å². The van der Waals surface area contributed by atoms with Gasteiger partial charge in [0, 0.05) is 45.8 Å². The highest BCUT2D eigenvalue weighted by Gasteiger charge is 2.22. The largest absolute Gasteiger partial charge is 0.367 e. The molecule has 2 N–H and O–H groups in total. The summed E-state index contributed by atoms with van der Waals surface area (Å²) in [5.74, 6) is -0.173. The van der Waals surface area contributed by atoms with Crippen molar-refractivity contribution in [2.24, 2.45) is 0 Å². The van der Waals surface area contributed by atoms with Crippen molar-refractivity contribution in [1.82, 2.24) is 10.2 Å². The molecule has 1 aromatic heterocycles. The molecule has 0 spiro atoms. The van der Waals surface area contributed by atoms with Crippen molar-refractivity contribution in [2.45, 2.75) is 4.21 Å². The summed E-state index contributed by atoms with van der Waals surface area (Å²) < 4.78 is 28.3. The van der Waals surface area contributed by atoms with Crippen LogP contribution in [-0.4, -0.2) is 59.5 Å². The number of carbonyl (C=O) groups excluding carboxylic acids is 1. The molecule has 26 heavy (non-hydrogen) atoms. The Balaban J connectivity index is 2.00. The van der Waals surface area contributed by atoms with Crippen molar-refractivity contribution in [2.75, 3.05) is 49.9 Å². The third kappa shape index (κ3) is 4.00. The van der Waals surface area contributed by atoms with Gasteiger partial charge >= 0.3 is 0 Å². The van der Waals surface area contributed by atoms with Crippen molar-refractivity contribution >= 4 is 38.6 Å². The minimum atomic E-state index is -3.69. The predicted molar refractivity (Wildman–Crippen MR) is 105 cm³/mol. The number of rotatable bonds is 5. The zero-order valence-electron chi connectivity index (χ0n) is 14.7. The summed E-state index contributed by atoms with van der Waals surface area (Å²) in [5, 5.41) is 5.00. The molecule has 2 heterocycles. The first kappa shape index (κ1) is 18.7. The number of hydrogen-bond acceptors (Lipinski definition) is 6. The fourth-order valence-corrected chi connectivity index (χ4v) is 4.86. The van der Waals surface area contributed by atoms with Gasteiger partial charge in [0.2, 0.25) is 0 Å². The fourth-order valence-electron chi connectivity index (χ4n) is 2.80. The van der Waals surface area contributed by atoms with Crippen LogP contribution in [0.3, 0.4) is 0 Å². The molecule has 7 nitrogen and oxygen atoms in total. The van der Waals surface area contributed by atoms with Gasteiger partial charge in [-0.25, -0.2) is 8.42 Å². The highest BCUT2D eigenvalue weighted by atomic mass is 32.2. The third-order valence-electron chi connectivity index (χ3n) is 4.11. The normalized spacial score (nSPS) is 14.9. The Kier molecular flexibility index (Phi) is 5.49. The van der Waals surface area contributed by atoms with Gasteiger partial charge in [-0.2, -0.15) is 0 Å². The lowest BCUT2D eigenvalue weighted by molar-refractivity contribution is 0.0827. The molecule has 140 valence electrons. The first-order valence-electron chi connectivity index (χ1n) is 8.26. The molecular weight excluding hydrogens is 372 g/mol. The average Bonchev–Trinajstić information content (AvgIpc) is 3.17. The number of amides is 1. The third-order valence-corrected chi connectivity index (χ3v) is 6.87. The van der Waals surface area contributed by atoms with Gasteiger partial charge in [0.25, 0.3) is 15.9 Å². The zero-order valence-corrected chi connectivity index (χ0v) is 16.4. The Morgan fingerprint density at radius 2 is 1.96 bits per heavy atom. The van der Waals surface area contributed by atoms with E-state index in [-0.39, 0.29) is 10.1 Å². The number of anilines is 2. The van der Waals surface area contributed by atoms with E-state index in [1.165, 1.54) is 4.90 Å². The van der Waals surface area contributed by atoms with E-state index in [9.17, 15) is 13.2 Å². The molecule has 1 fully saturated rings. The van der Waals surface area contributed by atoms with E-state index in [4.69, 9.17) is 0 Å². The Hall–Kier alpha value is -2.10. The van der Waals surface area contributed by atoms with E-state index in [0.717, 1.165) is 43.2 Å². The number of sulfonamides is 1. The van der Waals surface area contributed by atoms with E-state index in [1.54, 1.807) is 43.7 Å².